The van der Waals surface area contributed by atoms with Crippen LogP contribution >= 0.6 is 0 Å². The number of nitrogens with zero attached hydrogens (tertiary/aromatic N) is 1. The molecule has 0 atom stereocenters. The highest BCUT2D eigenvalue weighted by molar-refractivity contribution is 5.87. The van der Waals surface area contributed by atoms with Crippen molar-refractivity contribution in [2.45, 2.75) is 13.5 Å². The van der Waals surface area contributed by atoms with Gasteiger partial charge in [0.1, 0.15) is 6.61 Å². The van der Waals surface area contributed by atoms with Crippen molar-refractivity contribution >= 4 is 22.9 Å². The Morgan fingerprint density at radius 2 is 1.83 bits per heavy atom. The van der Waals surface area contributed by atoms with Gasteiger partial charge in [0, 0.05) is 11.5 Å². The van der Waals surface area contributed by atoms with Crippen LogP contribution in [0.15, 0.2) is 66.7 Å². The molecule has 3 nitrogen and oxygen atoms in total. The van der Waals surface area contributed by atoms with Crippen LogP contribution in [0.1, 0.15) is 16.8 Å². The van der Waals surface area contributed by atoms with Gasteiger partial charge in [-0.2, -0.15) is 0 Å². The standard InChI is InChI=1S/C20H17NO2/c1-15-6-2-3-8-17(15)14-23-20(22)13-12-18-11-10-16-7-4-5-9-19(16)21-18/h2-13H,14H2,1H3/b13-12+. The Kier molecular flexibility index (Phi) is 4.48. The van der Waals surface area contributed by atoms with E-state index in [9.17, 15) is 4.79 Å². The van der Waals surface area contributed by atoms with Gasteiger partial charge in [-0.15, -0.1) is 0 Å². The Labute approximate surface area is 135 Å². The number of benzene rings is 2. The number of aromatic nitrogens is 1. The summed E-state index contributed by atoms with van der Waals surface area (Å²) in [5.74, 6) is -0.372. The van der Waals surface area contributed by atoms with E-state index in [-0.39, 0.29) is 12.6 Å². The maximum atomic E-state index is 11.8. The first kappa shape index (κ1) is 15.0. The third-order valence-electron chi connectivity index (χ3n) is 3.64. The summed E-state index contributed by atoms with van der Waals surface area (Å²) in [6, 6.07) is 19.6. The minimum atomic E-state index is -0.372. The van der Waals surface area contributed by atoms with E-state index in [0.717, 1.165) is 27.7 Å². The van der Waals surface area contributed by atoms with Gasteiger partial charge in [-0.1, -0.05) is 48.5 Å². The lowest BCUT2D eigenvalue weighted by Crippen LogP contribution is -2.02. The van der Waals surface area contributed by atoms with Gasteiger partial charge in [0.25, 0.3) is 0 Å². The Bertz CT molecular complexity index is 868. The van der Waals surface area contributed by atoms with E-state index in [1.807, 2.05) is 67.6 Å². The minimum Gasteiger partial charge on any atom is -0.458 e. The van der Waals surface area contributed by atoms with E-state index < -0.39 is 0 Å². The summed E-state index contributed by atoms with van der Waals surface area (Å²) in [6.45, 7) is 2.28. The van der Waals surface area contributed by atoms with E-state index in [4.69, 9.17) is 4.74 Å². The zero-order valence-corrected chi connectivity index (χ0v) is 12.9. The van der Waals surface area contributed by atoms with Crippen molar-refractivity contribution in [1.29, 1.82) is 0 Å². The van der Waals surface area contributed by atoms with Crippen molar-refractivity contribution in [3.8, 4) is 0 Å². The van der Waals surface area contributed by atoms with Gasteiger partial charge in [-0.25, -0.2) is 9.78 Å². The number of fused-ring (bicyclic) bond motifs is 1. The molecule has 3 heteroatoms. The van der Waals surface area contributed by atoms with Crippen LogP contribution in [0.2, 0.25) is 0 Å². The highest BCUT2D eigenvalue weighted by Gasteiger charge is 2.02. The van der Waals surface area contributed by atoms with Crippen LogP contribution in [0.3, 0.4) is 0 Å². The van der Waals surface area contributed by atoms with Crippen molar-refractivity contribution < 1.29 is 9.53 Å². The van der Waals surface area contributed by atoms with E-state index in [1.165, 1.54) is 6.08 Å². The summed E-state index contributed by atoms with van der Waals surface area (Å²) in [6.07, 6.45) is 3.09. The lowest BCUT2D eigenvalue weighted by Gasteiger charge is -2.05. The third kappa shape index (κ3) is 3.83. The second-order valence-corrected chi connectivity index (χ2v) is 5.30. The van der Waals surface area contributed by atoms with E-state index in [1.54, 1.807) is 6.08 Å². The van der Waals surface area contributed by atoms with Crippen LogP contribution in [0.5, 0.6) is 0 Å². The SMILES string of the molecule is Cc1ccccc1COC(=O)/C=C/c1ccc2ccccc2n1. The summed E-state index contributed by atoms with van der Waals surface area (Å²) >= 11 is 0. The van der Waals surface area contributed by atoms with E-state index >= 15 is 0 Å². The number of aryl methyl sites for hydroxylation is 1. The van der Waals surface area contributed by atoms with E-state index in [2.05, 4.69) is 4.98 Å². The van der Waals surface area contributed by atoms with Gasteiger partial charge >= 0.3 is 5.97 Å². The molecule has 0 spiro atoms. The third-order valence-corrected chi connectivity index (χ3v) is 3.64. The zero-order valence-electron chi connectivity index (χ0n) is 12.9. The molecule has 3 rings (SSSR count). The summed E-state index contributed by atoms with van der Waals surface area (Å²) in [5, 5.41) is 1.08. The van der Waals surface area contributed by atoms with Crippen LogP contribution in [0.25, 0.3) is 17.0 Å². The highest BCUT2D eigenvalue weighted by Crippen LogP contribution is 2.13. The molecule has 1 heterocycles. The largest absolute Gasteiger partial charge is 0.458 e. The molecule has 0 unspecified atom stereocenters. The lowest BCUT2D eigenvalue weighted by atomic mass is 10.1. The molecule has 114 valence electrons. The van der Waals surface area contributed by atoms with Crippen molar-refractivity contribution in [1.82, 2.24) is 4.98 Å². The minimum absolute atomic E-state index is 0.279. The fourth-order valence-corrected chi connectivity index (χ4v) is 2.30. The van der Waals surface area contributed by atoms with Crippen molar-refractivity contribution in [3.05, 3.63) is 83.6 Å². The van der Waals surface area contributed by atoms with Crippen LogP contribution in [0.4, 0.5) is 0 Å². The Hall–Kier alpha value is -2.94. The molecule has 3 aromatic rings. The number of pyridine rings is 1. The predicted molar refractivity (Wildman–Crippen MR) is 91.8 cm³/mol. The highest BCUT2D eigenvalue weighted by atomic mass is 16.5. The number of esters is 1. The van der Waals surface area contributed by atoms with Gasteiger partial charge in [-0.3, -0.25) is 0 Å². The van der Waals surface area contributed by atoms with Gasteiger partial charge < -0.3 is 4.74 Å². The first-order valence-electron chi connectivity index (χ1n) is 7.47. The van der Waals surface area contributed by atoms with Crippen LogP contribution in [-0.4, -0.2) is 11.0 Å². The quantitative estimate of drug-likeness (QED) is 0.533. The molecule has 0 saturated heterocycles. The Morgan fingerprint density at radius 1 is 1.04 bits per heavy atom. The molecule has 0 aliphatic rings. The Morgan fingerprint density at radius 3 is 2.70 bits per heavy atom. The first-order valence-corrected chi connectivity index (χ1v) is 7.47. The molecule has 0 bridgehead atoms. The molecule has 0 fully saturated rings. The van der Waals surface area contributed by atoms with Gasteiger partial charge in [0.05, 0.1) is 11.2 Å². The Balaban J connectivity index is 1.64. The molecular formula is C20H17NO2. The van der Waals surface area contributed by atoms with Crippen LogP contribution in [0, 0.1) is 6.92 Å². The number of carbonyl (C=O) groups excluding carboxylic acids is 1. The fraction of sp³-hybridized carbons (Fsp3) is 0.100. The number of para-hydroxylation sites is 1. The lowest BCUT2D eigenvalue weighted by molar-refractivity contribution is -0.138. The maximum absolute atomic E-state index is 11.8. The van der Waals surface area contributed by atoms with Gasteiger partial charge in [0.15, 0.2) is 0 Å². The summed E-state index contributed by atoms with van der Waals surface area (Å²) < 4.78 is 5.26. The van der Waals surface area contributed by atoms with Crippen molar-refractivity contribution in [3.63, 3.8) is 0 Å². The average molecular weight is 303 g/mol. The molecule has 2 aromatic carbocycles. The van der Waals surface area contributed by atoms with Crippen molar-refractivity contribution in [2.75, 3.05) is 0 Å². The fourth-order valence-electron chi connectivity index (χ4n) is 2.30. The molecule has 0 radical (unpaired) electrons. The second kappa shape index (κ2) is 6.88. The van der Waals surface area contributed by atoms with Crippen molar-refractivity contribution in [2.24, 2.45) is 0 Å². The van der Waals surface area contributed by atoms with Gasteiger partial charge in [0.2, 0.25) is 0 Å². The molecule has 0 aliphatic heterocycles. The molecule has 0 N–H and O–H groups in total. The smallest absolute Gasteiger partial charge is 0.331 e. The predicted octanol–water partition coefficient (Wildman–Crippen LogP) is 4.30. The molecule has 1 aromatic heterocycles. The topological polar surface area (TPSA) is 39.2 Å². The number of rotatable bonds is 4. The zero-order chi connectivity index (χ0) is 16.1. The average Bonchev–Trinajstić information content (AvgIpc) is 2.59. The number of ether oxygens (including phenoxy) is 1. The monoisotopic (exact) mass is 303 g/mol. The van der Waals surface area contributed by atoms with Crippen LogP contribution < -0.4 is 0 Å². The molecule has 23 heavy (non-hydrogen) atoms. The first-order chi connectivity index (χ1) is 11.2. The summed E-state index contributed by atoms with van der Waals surface area (Å²) in [5.41, 5.74) is 3.76. The van der Waals surface area contributed by atoms with E-state index in [0.29, 0.717) is 0 Å². The summed E-state index contributed by atoms with van der Waals surface area (Å²) in [4.78, 5) is 16.3. The number of hydrogen-bond donors (Lipinski definition) is 0. The number of hydrogen-bond acceptors (Lipinski definition) is 3. The second-order valence-electron chi connectivity index (χ2n) is 5.30. The molecule has 0 saturated carbocycles. The molecular weight excluding hydrogens is 286 g/mol. The maximum Gasteiger partial charge on any atom is 0.331 e. The van der Waals surface area contributed by atoms with Crippen LogP contribution in [-0.2, 0) is 16.1 Å². The molecule has 0 amide bonds. The summed E-state index contributed by atoms with van der Waals surface area (Å²) in [7, 11) is 0. The molecule has 0 aliphatic carbocycles. The van der Waals surface area contributed by atoms with Gasteiger partial charge in [-0.05, 0) is 36.3 Å². The normalized spacial score (nSPS) is 11.0. The number of carbonyl (C=O) groups is 1.